The average molecular weight is 405 g/mol. The van der Waals surface area contributed by atoms with Crippen molar-refractivity contribution in [2.75, 3.05) is 0 Å². The standard InChI is InChI=1S/C16H17N5O3S.CH2O2/c1-9-11(10(2)19-16(23)18-9)5-6-14(22)17-8-13-20-15(24-21-13)12-4-3-7-25-12;2-1-3/h3-4,7H,5-6,8H2,1-2H3,(H,17,22)(H,18,19,23);1H,(H,2,3). The molecule has 11 heteroatoms. The molecular formula is C17H19N5O5S. The molecule has 0 unspecified atom stereocenters. The number of hydrogen-bond donors (Lipinski definition) is 3. The smallest absolute Gasteiger partial charge is 0.345 e. The highest BCUT2D eigenvalue weighted by molar-refractivity contribution is 7.13. The van der Waals surface area contributed by atoms with E-state index in [-0.39, 0.29) is 31.0 Å². The average Bonchev–Trinajstić information content (AvgIpc) is 3.31. The maximum Gasteiger partial charge on any atom is 0.345 e. The summed E-state index contributed by atoms with van der Waals surface area (Å²) in [6.45, 7) is 3.52. The Morgan fingerprint density at radius 1 is 1.39 bits per heavy atom. The highest BCUT2D eigenvalue weighted by Crippen LogP contribution is 2.22. The number of carbonyl (C=O) groups is 2. The van der Waals surface area contributed by atoms with Crippen LogP contribution < -0.4 is 11.0 Å². The lowest BCUT2D eigenvalue weighted by Gasteiger charge is -2.08. The van der Waals surface area contributed by atoms with Crippen LogP contribution in [0, 0.1) is 13.8 Å². The van der Waals surface area contributed by atoms with Gasteiger partial charge in [0.25, 0.3) is 12.4 Å². The van der Waals surface area contributed by atoms with Gasteiger partial charge < -0.3 is 19.9 Å². The number of aryl methyl sites for hydroxylation is 2. The van der Waals surface area contributed by atoms with Crippen LogP contribution in [0.4, 0.5) is 0 Å². The van der Waals surface area contributed by atoms with Crippen LogP contribution in [0.25, 0.3) is 10.8 Å². The van der Waals surface area contributed by atoms with Crippen LogP contribution in [0.2, 0.25) is 0 Å². The summed E-state index contributed by atoms with van der Waals surface area (Å²) in [5.74, 6) is 0.743. The van der Waals surface area contributed by atoms with Crippen molar-refractivity contribution < 1.29 is 19.2 Å². The van der Waals surface area contributed by atoms with Crippen molar-refractivity contribution >= 4 is 23.7 Å². The summed E-state index contributed by atoms with van der Waals surface area (Å²) < 4.78 is 5.17. The second kappa shape index (κ2) is 10.1. The second-order valence-electron chi connectivity index (χ2n) is 5.61. The topological polar surface area (TPSA) is 151 Å². The first-order valence-corrected chi connectivity index (χ1v) is 9.10. The lowest BCUT2D eigenvalue weighted by atomic mass is 10.1. The minimum Gasteiger partial charge on any atom is -0.483 e. The van der Waals surface area contributed by atoms with E-state index in [1.165, 1.54) is 11.3 Å². The van der Waals surface area contributed by atoms with Crippen molar-refractivity contribution in [2.24, 2.45) is 0 Å². The van der Waals surface area contributed by atoms with Gasteiger partial charge in [-0.3, -0.25) is 9.59 Å². The van der Waals surface area contributed by atoms with Gasteiger partial charge in [0.15, 0.2) is 5.82 Å². The summed E-state index contributed by atoms with van der Waals surface area (Å²) in [7, 11) is 0. The zero-order valence-corrected chi connectivity index (χ0v) is 16.1. The summed E-state index contributed by atoms with van der Waals surface area (Å²) in [5.41, 5.74) is 1.90. The van der Waals surface area contributed by atoms with Gasteiger partial charge in [-0.15, -0.1) is 11.3 Å². The van der Waals surface area contributed by atoms with Gasteiger partial charge in [-0.2, -0.15) is 9.97 Å². The number of aromatic amines is 1. The third-order valence-corrected chi connectivity index (χ3v) is 4.56. The molecule has 0 fully saturated rings. The summed E-state index contributed by atoms with van der Waals surface area (Å²) >= 11 is 1.51. The number of thiophene rings is 1. The molecule has 3 heterocycles. The molecule has 0 saturated heterocycles. The molecule has 0 aliphatic rings. The van der Waals surface area contributed by atoms with E-state index in [4.69, 9.17) is 14.4 Å². The van der Waals surface area contributed by atoms with Crippen molar-refractivity contribution in [3.05, 3.63) is 50.8 Å². The number of aromatic nitrogens is 4. The molecule has 3 aromatic heterocycles. The molecule has 0 radical (unpaired) electrons. The van der Waals surface area contributed by atoms with E-state index in [1.54, 1.807) is 13.8 Å². The number of rotatable bonds is 6. The lowest BCUT2D eigenvalue weighted by Crippen LogP contribution is -2.24. The van der Waals surface area contributed by atoms with Crippen LogP contribution in [-0.2, 0) is 22.6 Å². The van der Waals surface area contributed by atoms with E-state index in [9.17, 15) is 9.59 Å². The van der Waals surface area contributed by atoms with E-state index in [1.807, 2.05) is 17.5 Å². The van der Waals surface area contributed by atoms with Crippen LogP contribution in [0.5, 0.6) is 0 Å². The zero-order valence-electron chi connectivity index (χ0n) is 15.3. The molecule has 0 aliphatic carbocycles. The lowest BCUT2D eigenvalue weighted by molar-refractivity contribution is -0.123. The first kappa shape index (κ1) is 21.0. The fourth-order valence-electron chi connectivity index (χ4n) is 2.45. The number of carboxylic acid groups (broad SMARTS) is 1. The Bertz CT molecular complexity index is 954. The Labute approximate surface area is 163 Å². The van der Waals surface area contributed by atoms with Crippen molar-refractivity contribution in [1.29, 1.82) is 0 Å². The molecule has 10 nitrogen and oxygen atoms in total. The van der Waals surface area contributed by atoms with Gasteiger partial charge >= 0.3 is 5.69 Å². The van der Waals surface area contributed by atoms with Gasteiger partial charge in [0.2, 0.25) is 5.91 Å². The van der Waals surface area contributed by atoms with Crippen LogP contribution in [-0.4, -0.2) is 37.6 Å². The van der Waals surface area contributed by atoms with Crippen LogP contribution in [0.1, 0.15) is 29.2 Å². The van der Waals surface area contributed by atoms with Gasteiger partial charge in [-0.05, 0) is 37.3 Å². The molecule has 28 heavy (non-hydrogen) atoms. The van der Waals surface area contributed by atoms with Crippen molar-refractivity contribution in [2.45, 2.75) is 33.2 Å². The first-order chi connectivity index (χ1) is 13.4. The molecule has 0 bridgehead atoms. The molecule has 1 amide bonds. The molecule has 0 aliphatic heterocycles. The van der Waals surface area contributed by atoms with Crippen molar-refractivity contribution in [3.63, 3.8) is 0 Å². The van der Waals surface area contributed by atoms with E-state index in [0.29, 0.717) is 23.8 Å². The predicted octanol–water partition coefficient (Wildman–Crippen LogP) is 1.45. The molecule has 3 rings (SSSR count). The Kier molecular flexibility index (Phi) is 7.57. The second-order valence-corrected chi connectivity index (χ2v) is 6.55. The summed E-state index contributed by atoms with van der Waals surface area (Å²) in [5, 5.41) is 15.4. The minimum absolute atomic E-state index is 0.132. The minimum atomic E-state index is -0.373. The van der Waals surface area contributed by atoms with Gasteiger partial charge in [-0.1, -0.05) is 11.2 Å². The molecule has 0 aromatic carbocycles. The Morgan fingerprint density at radius 2 is 2.14 bits per heavy atom. The van der Waals surface area contributed by atoms with E-state index in [2.05, 4.69) is 25.4 Å². The number of carbonyl (C=O) groups excluding carboxylic acids is 1. The fraction of sp³-hybridized carbons (Fsp3) is 0.294. The Balaban J connectivity index is 0.000000878. The fourth-order valence-corrected chi connectivity index (χ4v) is 3.10. The first-order valence-electron chi connectivity index (χ1n) is 8.22. The summed E-state index contributed by atoms with van der Waals surface area (Å²) in [4.78, 5) is 43.3. The maximum atomic E-state index is 12.0. The van der Waals surface area contributed by atoms with Gasteiger partial charge in [-0.25, -0.2) is 4.79 Å². The summed E-state index contributed by atoms with van der Waals surface area (Å²) in [6, 6.07) is 3.80. The molecule has 3 N–H and O–H groups in total. The molecule has 3 aromatic rings. The highest BCUT2D eigenvalue weighted by Gasteiger charge is 2.12. The Hall–Kier alpha value is -3.34. The monoisotopic (exact) mass is 405 g/mol. The number of nitrogens with one attached hydrogen (secondary N) is 2. The van der Waals surface area contributed by atoms with Crippen molar-refractivity contribution in [1.82, 2.24) is 25.4 Å². The quantitative estimate of drug-likeness (QED) is 0.521. The van der Waals surface area contributed by atoms with Gasteiger partial charge in [0, 0.05) is 17.8 Å². The highest BCUT2D eigenvalue weighted by atomic mass is 32.1. The van der Waals surface area contributed by atoms with Crippen LogP contribution >= 0.6 is 11.3 Å². The third kappa shape index (κ3) is 5.84. The Morgan fingerprint density at radius 3 is 2.79 bits per heavy atom. The molecular weight excluding hydrogens is 386 g/mol. The number of amides is 1. The maximum absolute atomic E-state index is 12.0. The summed E-state index contributed by atoms with van der Waals surface area (Å²) in [6.07, 6.45) is 0.783. The normalized spacial score (nSPS) is 10.1. The van der Waals surface area contributed by atoms with E-state index in [0.717, 1.165) is 16.1 Å². The van der Waals surface area contributed by atoms with E-state index >= 15 is 0 Å². The van der Waals surface area contributed by atoms with Gasteiger partial charge in [0.1, 0.15) is 0 Å². The molecule has 148 valence electrons. The third-order valence-electron chi connectivity index (χ3n) is 3.70. The molecule has 0 atom stereocenters. The van der Waals surface area contributed by atoms with Crippen LogP contribution in [0.3, 0.4) is 0 Å². The number of H-pyrrole nitrogens is 1. The number of hydrogen-bond acceptors (Lipinski definition) is 8. The number of nitrogens with zero attached hydrogens (tertiary/aromatic N) is 3. The largest absolute Gasteiger partial charge is 0.483 e. The molecule has 0 spiro atoms. The zero-order chi connectivity index (χ0) is 20.5. The van der Waals surface area contributed by atoms with Gasteiger partial charge in [0.05, 0.1) is 11.4 Å². The SMILES string of the molecule is Cc1nc(=O)[nH]c(C)c1CCC(=O)NCc1noc(-c2cccs2)n1.O=CO. The van der Waals surface area contributed by atoms with Crippen LogP contribution in [0.15, 0.2) is 26.8 Å². The van der Waals surface area contributed by atoms with Crippen molar-refractivity contribution in [3.8, 4) is 10.8 Å². The molecule has 0 saturated carbocycles. The van der Waals surface area contributed by atoms with E-state index < -0.39 is 0 Å². The predicted molar refractivity (Wildman–Crippen MR) is 101 cm³/mol.